The molecule has 3 amide bonds. The Bertz CT molecular complexity index is 1120. The van der Waals surface area contributed by atoms with Crippen LogP contribution in [0.1, 0.15) is 35.5 Å². The van der Waals surface area contributed by atoms with Crippen LogP contribution in [0.2, 0.25) is 0 Å². The van der Waals surface area contributed by atoms with Crippen LogP contribution < -0.4 is 5.32 Å². The van der Waals surface area contributed by atoms with Gasteiger partial charge in [-0.05, 0) is 24.0 Å². The summed E-state index contributed by atoms with van der Waals surface area (Å²) in [6.45, 7) is 2.73. The van der Waals surface area contributed by atoms with Crippen molar-refractivity contribution in [1.82, 2.24) is 20.1 Å². The molecule has 0 aliphatic carbocycles. The fraction of sp³-hybridized carbons (Fsp3) is 0.346. The van der Waals surface area contributed by atoms with Gasteiger partial charge < -0.3 is 19.9 Å². The SMILES string of the molecule is O=C(N[C@@H](C(=O)N1CCC[C@H]1c1ncc(-c2ccccc2)s1)c1ccccc1)N1CCOCC1. The van der Waals surface area contributed by atoms with Gasteiger partial charge >= 0.3 is 6.03 Å². The smallest absolute Gasteiger partial charge is 0.318 e. The van der Waals surface area contributed by atoms with Crippen LogP contribution in [0.4, 0.5) is 4.79 Å². The van der Waals surface area contributed by atoms with Crippen LogP contribution in [0.25, 0.3) is 10.4 Å². The topological polar surface area (TPSA) is 74.8 Å². The van der Waals surface area contributed by atoms with Crippen LogP contribution in [0.5, 0.6) is 0 Å². The zero-order valence-corrected chi connectivity index (χ0v) is 19.7. The number of morpholine rings is 1. The number of nitrogens with one attached hydrogen (secondary N) is 1. The summed E-state index contributed by atoms with van der Waals surface area (Å²) in [5.74, 6) is -0.0910. The summed E-state index contributed by atoms with van der Waals surface area (Å²) >= 11 is 1.63. The normalized spacial score (nSPS) is 19.1. The molecule has 0 bridgehead atoms. The number of aromatic nitrogens is 1. The molecule has 5 rings (SSSR count). The predicted octanol–water partition coefficient (Wildman–Crippen LogP) is 4.26. The van der Waals surface area contributed by atoms with Crippen molar-refractivity contribution in [2.24, 2.45) is 0 Å². The number of nitrogens with zero attached hydrogens (tertiary/aromatic N) is 3. The third kappa shape index (κ3) is 4.83. The number of hydrogen-bond acceptors (Lipinski definition) is 5. The van der Waals surface area contributed by atoms with Crippen molar-refractivity contribution in [1.29, 1.82) is 0 Å². The molecule has 1 N–H and O–H groups in total. The molecule has 2 aliphatic rings. The summed E-state index contributed by atoms with van der Waals surface area (Å²) in [6.07, 6.45) is 3.67. The highest BCUT2D eigenvalue weighted by atomic mass is 32.1. The molecule has 2 atom stereocenters. The van der Waals surface area contributed by atoms with E-state index in [0.717, 1.165) is 33.9 Å². The summed E-state index contributed by atoms with van der Waals surface area (Å²) < 4.78 is 5.36. The van der Waals surface area contributed by atoms with Crippen molar-refractivity contribution in [3.8, 4) is 10.4 Å². The Morgan fingerprint density at radius 3 is 2.44 bits per heavy atom. The number of likely N-dealkylation sites (tertiary alicyclic amines) is 1. The van der Waals surface area contributed by atoms with Crippen LogP contribution >= 0.6 is 11.3 Å². The first-order chi connectivity index (χ1) is 16.7. The van der Waals surface area contributed by atoms with E-state index in [9.17, 15) is 9.59 Å². The maximum Gasteiger partial charge on any atom is 0.318 e. The van der Waals surface area contributed by atoms with Gasteiger partial charge in [0.15, 0.2) is 0 Å². The van der Waals surface area contributed by atoms with E-state index in [1.807, 2.05) is 59.6 Å². The van der Waals surface area contributed by atoms with Gasteiger partial charge in [0.2, 0.25) is 5.91 Å². The van der Waals surface area contributed by atoms with Crippen LogP contribution in [-0.4, -0.2) is 59.6 Å². The highest BCUT2D eigenvalue weighted by Crippen LogP contribution is 2.38. The number of hydrogen-bond donors (Lipinski definition) is 1. The quantitative estimate of drug-likeness (QED) is 0.597. The first kappa shape index (κ1) is 22.6. The molecule has 0 saturated carbocycles. The van der Waals surface area contributed by atoms with E-state index in [-0.39, 0.29) is 18.0 Å². The van der Waals surface area contributed by atoms with Gasteiger partial charge in [-0.15, -0.1) is 11.3 Å². The minimum absolute atomic E-state index is 0.0820. The number of urea groups is 1. The highest BCUT2D eigenvalue weighted by molar-refractivity contribution is 7.15. The molecule has 2 aliphatic heterocycles. The van der Waals surface area contributed by atoms with Gasteiger partial charge in [0.1, 0.15) is 11.0 Å². The maximum absolute atomic E-state index is 13.9. The number of amides is 3. The second-order valence-corrected chi connectivity index (χ2v) is 9.57. The van der Waals surface area contributed by atoms with E-state index in [4.69, 9.17) is 4.74 Å². The van der Waals surface area contributed by atoms with Crippen molar-refractivity contribution in [3.63, 3.8) is 0 Å². The Morgan fingerprint density at radius 2 is 1.71 bits per heavy atom. The van der Waals surface area contributed by atoms with Crippen LogP contribution in [0.15, 0.2) is 66.9 Å². The summed E-state index contributed by atoms with van der Waals surface area (Å²) in [7, 11) is 0. The van der Waals surface area contributed by atoms with Crippen LogP contribution in [-0.2, 0) is 9.53 Å². The average molecular weight is 477 g/mol. The average Bonchev–Trinajstić information content (AvgIpc) is 3.58. The second kappa shape index (κ2) is 10.4. The van der Waals surface area contributed by atoms with E-state index in [0.29, 0.717) is 32.8 Å². The molecule has 2 aromatic carbocycles. The third-order valence-electron chi connectivity index (χ3n) is 6.35. The fourth-order valence-electron chi connectivity index (χ4n) is 4.54. The van der Waals surface area contributed by atoms with Crippen LogP contribution in [0, 0.1) is 0 Å². The van der Waals surface area contributed by atoms with E-state index in [2.05, 4.69) is 22.4 Å². The first-order valence-electron chi connectivity index (χ1n) is 11.7. The molecule has 0 unspecified atom stereocenters. The van der Waals surface area contributed by atoms with Gasteiger partial charge in [-0.3, -0.25) is 4.79 Å². The Kier molecular flexibility index (Phi) is 6.87. The number of benzene rings is 2. The molecule has 176 valence electrons. The second-order valence-electron chi connectivity index (χ2n) is 8.51. The lowest BCUT2D eigenvalue weighted by Crippen LogP contribution is -2.50. The first-order valence-corrected chi connectivity index (χ1v) is 12.5. The molecule has 3 aromatic rings. The van der Waals surface area contributed by atoms with Gasteiger partial charge in [-0.2, -0.15) is 0 Å². The van der Waals surface area contributed by atoms with Crippen molar-refractivity contribution in [3.05, 3.63) is 77.4 Å². The Balaban J connectivity index is 1.38. The summed E-state index contributed by atoms with van der Waals surface area (Å²) in [4.78, 5) is 36.2. The lowest BCUT2D eigenvalue weighted by molar-refractivity contribution is -0.134. The molecule has 0 radical (unpaired) electrons. The van der Waals surface area contributed by atoms with E-state index in [1.54, 1.807) is 16.2 Å². The van der Waals surface area contributed by atoms with Crippen molar-refractivity contribution >= 4 is 23.3 Å². The highest BCUT2D eigenvalue weighted by Gasteiger charge is 2.37. The summed E-state index contributed by atoms with van der Waals surface area (Å²) in [5.41, 5.74) is 1.91. The van der Waals surface area contributed by atoms with E-state index >= 15 is 0 Å². The van der Waals surface area contributed by atoms with Gasteiger partial charge in [-0.1, -0.05) is 60.7 Å². The molecule has 2 saturated heterocycles. The largest absolute Gasteiger partial charge is 0.378 e. The zero-order valence-electron chi connectivity index (χ0n) is 18.9. The lowest BCUT2D eigenvalue weighted by atomic mass is 10.1. The monoisotopic (exact) mass is 476 g/mol. The number of ether oxygens (including phenoxy) is 1. The number of carbonyl (C=O) groups excluding carboxylic acids is 2. The fourth-order valence-corrected chi connectivity index (χ4v) is 5.62. The Hall–Kier alpha value is -3.23. The summed E-state index contributed by atoms with van der Waals surface area (Å²) in [5, 5.41) is 3.95. The maximum atomic E-state index is 13.9. The van der Waals surface area contributed by atoms with Crippen molar-refractivity contribution in [2.75, 3.05) is 32.8 Å². The van der Waals surface area contributed by atoms with Crippen molar-refractivity contribution < 1.29 is 14.3 Å². The van der Waals surface area contributed by atoms with Gasteiger partial charge in [0.25, 0.3) is 0 Å². The summed E-state index contributed by atoms with van der Waals surface area (Å²) in [6, 6.07) is 18.6. The lowest BCUT2D eigenvalue weighted by Gasteiger charge is -2.32. The number of carbonyl (C=O) groups is 2. The Labute approximate surface area is 203 Å². The zero-order chi connectivity index (χ0) is 23.3. The standard InChI is InChI=1S/C26H28N4O3S/c31-25(23(20-10-5-2-6-11-20)28-26(32)29-14-16-33-17-15-29)30-13-7-12-21(30)24-27-18-22(34-24)19-8-3-1-4-9-19/h1-6,8-11,18,21,23H,7,12-17H2,(H,28,32)/t21-,23+/m0/s1. The molecule has 8 heteroatoms. The third-order valence-corrected chi connectivity index (χ3v) is 7.50. The van der Waals surface area contributed by atoms with Crippen molar-refractivity contribution in [2.45, 2.75) is 24.9 Å². The molecule has 0 spiro atoms. The molecule has 2 fully saturated rings. The van der Waals surface area contributed by atoms with Gasteiger partial charge in [0, 0.05) is 25.8 Å². The minimum Gasteiger partial charge on any atom is -0.378 e. The Morgan fingerprint density at radius 1 is 1.00 bits per heavy atom. The predicted molar refractivity (Wildman–Crippen MR) is 131 cm³/mol. The van der Waals surface area contributed by atoms with E-state index in [1.165, 1.54) is 0 Å². The molecule has 1 aromatic heterocycles. The minimum atomic E-state index is -0.745. The molecular weight excluding hydrogens is 448 g/mol. The number of rotatable bonds is 5. The van der Waals surface area contributed by atoms with Gasteiger partial charge in [0.05, 0.1) is 24.1 Å². The molecular formula is C26H28N4O3S. The molecule has 34 heavy (non-hydrogen) atoms. The number of thiazole rings is 1. The molecule has 7 nitrogen and oxygen atoms in total. The van der Waals surface area contributed by atoms with E-state index < -0.39 is 6.04 Å². The van der Waals surface area contributed by atoms with Crippen LogP contribution in [0.3, 0.4) is 0 Å². The van der Waals surface area contributed by atoms with Gasteiger partial charge in [-0.25, -0.2) is 9.78 Å². The molecule has 3 heterocycles.